The maximum atomic E-state index is 10.7. The summed E-state index contributed by atoms with van der Waals surface area (Å²) in [6.45, 7) is 0.572. The fraction of sp³-hybridized carbons (Fsp3) is 0.0870. The van der Waals surface area contributed by atoms with Gasteiger partial charge >= 0.3 is 6.09 Å². The summed E-state index contributed by atoms with van der Waals surface area (Å²) in [5.41, 5.74) is 2.71. The molecule has 1 fully saturated rings. The molecule has 4 rings (SSSR count). The Kier molecular flexibility index (Phi) is 8.31. The SMILES string of the molecule is C#C.C(#Cc1ccccn1)c1cccnc1.O=C1NC[C@H](c2ccccc2)O1. The first kappa shape index (κ1) is 20.2. The highest BCUT2D eigenvalue weighted by Crippen LogP contribution is 2.19. The number of nitrogens with zero attached hydrogens (tertiary/aromatic N) is 2. The highest BCUT2D eigenvalue weighted by Gasteiger charge is 2.23. The maximum absolute atomic E-state index is 10.7. The maximum Gasteiger partial charge on any atom is 0.407 e. The number of aromatic nitrogens is 2. The van der Waals surface area contributed by atoms with E-state index in [1.807, 2.05) is 60.7 Å². The van der Waals surface area contributed by atoms with Crippen molar-refractivity contribution in [2.45, 2.75) is 6.10 Å². The predicted octanol–water partition coefficient (Wildman–Crippen LogP) is 3.59. The first-order valence-corrected chi connectivity index (χ1v) is 8.47. The van der Waals surface area contributed by atoms with Crippen LogP contribution in [0.4, 0.5) is 4.79 Å². The lowest BCUT2D eigenvalue weighted by molar-refractivity contribution is 0.141. The van der Waals surface area contributed by atoms with Crippen molar-refractivity contribution < 1.29 is 9.53 Å². The summed E-state index contributed by atoms with van der Waals surface area (Å²) >= 11 is 0. The third-order valence-electron chi connectivity index (χ3n) is 3.51. The van der Waals surface area contributed by atoms with E-state index in [-0.39, 0.29) is 12.2 Å². The predicted molar refractivity (Wildman–Crippen MR) is 108 cm³/mol. The van der Waals surface area contributed by atoms with Crippen LogP contribution >= 0.6 is 0 Å². The molecule has 1 saturated heterocycles. The zero-order chi connectivity index (χ0) is 20.0. The van der Waals surface area contributed by atoms with E-state index in [9.17, 15) is 4.79 Å². The van der Waals surface area contributed by atoms with Gasteiger partial charge in [0.2, 0.25) is 0 Å². The van der Waals surface area contributed by atoms with Crippen molar-refractivity contribution in [3.63, 3.8) is 0 Å². The Morgan fingerprint density at radius 2 is 1.75 bits per heavy atom. The number of ether oxygens (including phenoxy) is 1. The molecule has 28 heavy (non-hydrogen) atoms. The van der Waals surface area contributed by atoms with Gasteiger partial charge < -0.3 is 10.1 Å². The van der Waals surface area contributed by atoms with Crippen molar-refractivity contribution in [3.8, 4) is 24.7 Å². The van der Waals surface area contributed by atoms with Crippen molar-refractivity contribution in [1.29, 1.82) is 0 Å². The van der Waals surface area contributed by atoms with Crippen LogP contribution in [0.25, 0.3) is 0 Å². The molecule has 1 atom stereocenters. The number of nitrogens with one attached hydrogen (secondary N) is 1. The molecule has 1 aliphatic heterocycles. The van der Waals surface area contributed by atoms with Crippen molar-refractivity contribution >= 4 is 6.09 Å². The van der Waals surface area contributed by atoms with Crippen molar-refractivity contribution in [2.75, 3.05) is 6.54 Å². The molecule has 0 spiro atoms. The molecular weight excluding hydrogens is 350 g/mol. The largest absolute Gasteiger partial charge is 0.439 e. The number of carbonyl (C=O) groups excluding carboxylic acids is 1. The van der Waals surface area contributed by atoms with Gasteiger partial charge in [-0.15, -0.1) is 12.8 Å². The van der Waals surface area contributed by atoms with Gasteiger partial charge in [-0.2, -0.15) is 0 Å². The molecule has 2 aromatic heterocycles. The van der Waals surface area contributed by atoms with Gasteiger partial charge in [-0.1, -0.05) is 42.3 Å². The second kappa shape index (κ2) is 11.5. The van der Waals surface area contributed by atoms with Crippen LogP contribution < -0.4 is 5.32 Å². The molecule has 0 saturated carbocycles. The highest BCUT2D eigenvalue weighted by atomic mass is 16.6. The number of hydrogen-bond acceptors (Lipinski definition) is 4. The number of carbonyl (C=O) groups is 1. The van der Waals surface area contributed by atoms with Crippen LogP contribution in [0.5, 0.6) is 0 Å². The van der Waals surface area contributed by atoms with Gasteiger partial charge in [0.25, 0.3) is 0 Å². The molecule has 0 bridgehead atoms. The highest BCUT2D eigenvalue weighted by molar-refractivity contribution is 5.69. The summed E-state index contributed by atoms with van der Waals surface area (Å²) in [7, 11) is 0. The zero-order valence-electron chi connectivity index (χ0n) is 15.2. The summed E-state index contributed by atoms with van der Waals surface area (Å²) in [6, 6.07) is 19.1. The number of hydrogen-bond donors (Lipinski definition) is 1. The Morgan fingerprint density at radius 3 is 2.36 bits per heavy atom. The number of amides is 1. The van der Waals surface area contributed by atoms with Crippen molar-refractivity contribution in [1.82, 2.24) is 15.3 Å². The van der Waals surface area contributed by atoms with E-state index in [1.54, 1.807) is 18.6 Å². The van der Waals surface area contributed by atoms with Crippen LogP contribution in [0.2, 0.25) is 0 Å². The average molecular weight is 369 g/mol. The van der Waals surface area contributed by atoms with Crippen LogP contribution in [-0.2, 0) is 4.74 Å². The smallest absolute Gasteiger partial charge is 0.407 e. The minimum atomic E-state index is -0.330. The molecule has 138 valence electrons. The summed E-state index contributed by atoms with van der Waals surface area (Å²) < 4.78 is 5.00. The first-order valence-electron chi connectivity index (χ1n) is 8.47. The Morgan fingerprint density at radius 1 is 0.964 bits per heavy atom. The number of alkyl carbamates (subject to hydrolysis) is 1. The van der Waals surface area contributed by atoms with Crippen molar-refractivity contribution in [2.24, 2.45) is 0 Å². The molecule has 0 radical (unpaired) electrons. The van der Waals surface area contributed by atoms with Gasteiger partial charge in [0.15, 0.2) is 0 Å². The first-order chi connectivity index (χ1) is 13.8. The Labute approximate surface area is 164 Å². The Hall–Kier alpha value is -4.09. The number of terminal acetylenes is 1. The zero-order valence-corrected chi connectivity index (χ0v) is 15.2. The molecule has 3 heterocycles. The molecule has 1 N–H and O–H groups in total. The molecule has 1 aromatic carbocycles. The average Bonchev–Trinajstić information content (AvgIpc) is 3.23. The Bertz CT molecular complexity index is 887. The molecule has 0 unspecified atom stereocenters. The van der Waals surface area contributed by atoms with E-state index in [4.69, 9.17) is 4.74 Å². The lowest BCUT2D eigenvalue weighted by Crippen LogP contribution is -2.12. The summed E-state index contributed by atoms with van der Waals surface area (Å²) in [5, 5.41) is 2.61. The number of pyridine rings is 2. The summed E-state index contributed by atoms with van der Waals surface area (Å²) in [5.74, 6) is 5.95. The van der Waals surface area contributed by atoms with Gasteiger partial charge in [-0.25, -0.2) is 9.78 Å². The van der Waals surface area contributed by atoms with Gasteiger partial charge in [0.05, 0.1) is 6.54 Å². The molecular formula is C23H19N3O2. The third kappa shape index (κ3) is 6.67. The topological polar surface area (TPSA) is 64.1 Å². The van der Waals surface area contributed by atoms with Crippen molar-refractivity contribution in [3.05, 3.63) is 96.1 Å². The van der Waals surface area contributed by atoms with Crippen LogP contribution in [0.1, 0.15) is 22.9 Å². The quantitative estimate of drug-likeness (QED) is 0.666. The minimum absolute atomic E-state index is 0.112. The molecule has 5 nitrogen and oxygen atoms in total. The monoisotopic (exact) mass is 369 g/mol. The van der Waals surface area contributed by atoms with E-state index in [2.05, 4.69) is 40.0 Å². The van der Waals surface area contributed by atoms with Gasteiger partial charge in [-0.05, 0) is 35.7 Å². The fourth-order valence-corrected chi connectivity index (χ4v) is 2.25. The number of rotatable bonds is 1. The second-order valence-electron chi connectivity index (χ2n) is 5.39. The molecule has 3 aromatic rings. The van der Waals surface area contributed by atoms with Gasteiger partial charge in [0.1, 0.15) is 11.8 Å². The van der Waals surface area contributed by atoms with Crippen LogP contribution in [-0.4, -0.2) is 22.6 Å². The standard InChI is InChI=1S/C12H8N2.C9H9NO2.C2H2/c1-2-9-14-12(5-1)7-6-11-4-3-8-13-10-11;11-9-10-6-8(12-9)7-4-2-1-3-5-7;1-2/h1-5,8-10H;1-5,8H,6H2,(H,10,11);1-2H/t;8-;/m.1./s1. The third-order valence-corrected chi connectivity index (χ3v) is 3.51. The Balaban J connectivity index is 0.000000186. The molecule has 1 aliphatic rings. The van der Waals surface area contributed by atoms with E-state index in [1.165, 1.54) is 0 Å². The van der Waals surface area contributed by atoms with Crippen LogP contribution in [0, 0.1) is 24.7 Å². The van der Waals surface area contributed by atoms with E-state index in [0.29, 0.717) is 6.54 Å². The minimum Gasteiger partial charge on any atom is -0.439 e. The lowest BCUT2D eigenvalue weighted by atomic mass is 10.1. The molecule has 1 amide bonds. The normalized spacial score (nSPS) is 13.8. The second-order valence-corrected chi connectivity index (χ2v) is 5.39. The van der Waals surface area contributed by atoms with E-state index in [0.717, 1.165) is 16.8 Å². The van der Waals surface area contributed by atoms with E-state index >= 15 is 0 Å². The van der Waals surface area contributed by atoms with E-state index < -0.39 is 0 Å². The molecule has 0 aliphatic carbocycles. The van der Waals surface area contributed by atoms with Gasteiger partial charge in [0, 0.05) is 24.2 Å². The summed E-state index contributed by atoms with van der Waals surface area (Å²) in [6.07, 6.45) is 12.7. The number of cyclic esters (lactones) is 1. The molecule has 5 heteroatoms. The van der Waals surface area contributed by atoms with Gasteiger partial charge in [-0.3, -0.25) is 4.98 Å². The van der Waals surface area contributed by atoms with Crippen LogP contribution in [0.15, 0.2) is 79.3 Å². The number of benzene rings is 1. The fourth-order valence-electron chi connectivity index (χ4n) is 2.25. The van der Waals surface area contributed by atoms with Crippen LogP contribution in [0.3, 0.4) is 0 Å². The summed E-state index contributed by atoms with van der Waals surface area (Å²) in [4.78, 5) is 18.8. The lowest BCUT2D eigenvalue weighted by Gasteiger charge is -2.06.